The Labute approximate surface area is 117 Å². The van der Waals surface area contributed by atoms with Crippen LogP contribution in [0.2, 0.25) is 0 Å². The van der Waals surface area contributed by atoms with E-state index < -0.39 is 0 Å². The molecule has 2 nitrogen and oxygen atoms in total. The first-order valence-electron chi connectivity index (χ1n) is 7.28. The molecule has 0 radical (unpaired) electrons. The van der Waals surface area contributed by atoms with E-state index in [2.05, 4.69) is 20.8 Å². The quantitative estimate of drug-likeness (QED) is 0.590. The van der Waals surface area contributed by atoms with Crippen LogP contribution < -0.4 is 5.73 Å². The minimum Gasteiger partial charge on any atom is -0.393 e. The van der Waals surface area contributed by atoms with Crippen molar-refractivity contribution in [3.63, 3.8) is 0 Å². The SMILES string of the molecule is CC1(C)C2CCC1(C)C(OCCCCC(N)=S)C2. The second-order valence-corrected chi connectivity index (χ2v) is 7.42. The minimum atomic E-state index is 0.390. The van der Waals surface area contributed by atoms with Crippen molar-refractivity contribution < 1.29 is 4.74 Å². The molecule has 2 aliphatic rings. The van der Waals surface area contributed by atoms with E-state index in [9.17, 15) is 0 Å². The van der Waals surface area contributed by atoms with Gasteiger partial charge in [-0.3, -0.25) is 0 Å². The highest BCUT2D eigenvalue weighted by Gasteiger charge is 2.61. The smallest absolute Gasteiger partial charge is 0.0727 e. The first kappa shape index (κ1) is 14.3. The average Bonchev–Trinajstić information content (AvgIpc) is 2.61. The van der Waals surface area contributed by atoms with E-state index in [1.54, 1.807) is 0 Å². The third kappa shape index (κ3) is 2.32. The molecule has 18 heavy (non-hydrogen) atoms. The summed E-state index contributed by atoms with van der Waals surface area (Å²) in [5.41, 5.74) is 6.34. The van der Waals surface area contributed by atoms with E-state index in [0.717, 1.165) is 31.8 Å². The first-order chi connectivity index (χ1) is 8.38. The summed E-state index contributed by atoms with van der Waals surface area (Å²) in [7, 11) is 0. The average molecular weight is 269 g/mol. The standard InChI is InChI=1S/C15H27NOS/c1-14(2)11-7-8-15(14,3)12(10-11)17-9-5-4-6-13(16)18/h11-12H,4-10H2,1-3H3,(H2,16,18). The molecule has 3 atom stereocenters. The van der Waals surface area contributed by atoms with Gasteiger partial charge in [0, 0.05) is 6.61 Å². The maximum atomic E-state index is 6.17. The Morgan fingerprint density at radius 1 is 1.33 bits per heavy atom. The molecule has 0 amide bonds. The van der Waals surface area contributed by atoms with Crippen LogP contribution in [0.5, 0.6) is 0 Å². The molecule has 0 spiro atoms. The van der Waals surface area contributed by atoms with Gasteiger partial charge in [0.15, 0.2) is 0 Å². The van der Waals surface area contributed by atoms with Crippen LogP contribution in [0.15, 0.2) is 0 Å². The molecule has 2 aliphatic carbocycles. The van der Waals surface area contributed by atoms with Gasteiger partial charge in [-0.1, -0.05) is 33.0 Å². The first-order valence-corrected chi connectivity index (χ1v) is 7.68. The van der Waals surface area contributed by atoms with Crippen molar-refractivity contribution in [2.75, 3.05) is 6.61 Å². The molecule has 0 aromatic carbocycles. The van der Waals surface area contributed by atoms with Crippen molar-refractivity contribution in [1.82, 2.24) is 0 Å². The van der Waals surface area contributed by atoms with E-state index in [-0.39, 0.29) is 0 Å². The second kappa shape index (κ2) is 5.09. The summed E-state index contributed by atoms with van der Waals surface area (Å²) >= 11 is 4.88. The molecule has 2 fully saturated rings. The van der Waals surface area contributed by atoms with E-state index in [1.165, 1.54) is 19.3 Å². The van der Waals surface area contributed by atoms with Crippen LogP contribution in [0.3, 0.4) is 0 Å². The van der Waals surface area contributed by atoms with Crippen molar-refractivity contribution in [2.45, 2.75) is 65.4 Å². The monoisotopic (exact) mass is 269 g/mol. The predicted molar refractivity (Wildman–Crippen MR) is 79.6 cm³/mol. The summed E-state index contributed by atoms with van der Waals surface area (Å²) in [6.45, 7) is 8.16. The third-order valence-electron chi connectivity index (χ3n) is 5.85. The Bertz CT molecular complexity index is 328. The Kier molecular flexibility index (Phi) is 4.03. The summed E-state index contributed by atoms with van der Waals surface area (Å²) in [6.07, 6.45) is 7.46. The van der Waals surface area contributed by atoms with Crippen LogP contribution in [0, 0.1) is 16.7 Å². The van der Waals surface area contributed by atoms with E-state index in [0.29, 0.717) is 21.9 Å². The van der Waals surface area contributed by atoms with Gasteiger partial charge in [0.05, 0.1) is 11.1 Å². The highest BCUT2D eigenvalue weighted by atomic mass is 32.1. The van der Waals surface area contributed by atoms with Gasteiger partial charge in [0.2, 0.25) is 0 Å². The number of rotatable bonds is 6. The molecular weight excluding hydrogens is 242 g/mol. The maximum absolute atomic E-state index is 6.17. The number of hydrogen-bond acceptors (Lipinski definition) is 2. The van der Waals surface area contributed by atoms with Crippen molar-refractivity contribution in [1.29, 1.82) is 0 Å². The van der Waals surface area contributed by atoms with Gasteiger partial charge in [-0.25, -0.2) is 0 Å². The van der Waals surface area contributed by atoms with Gasteiger partial charge in [0.25, 0.3) is 0 Å². The van der Waals surface area contributed by atoms with Crippen LogP contribution in [0.25, 0.3) is 0 Å². The number of hydrogen-bond donors (Lipinski definition) is 1. The third-order valence-corrected chi connectivity index (χ3v) is 6.05. The fourth-order valence-corrected chi connectivity index (χ4v) is 4.15. The van der Waals surface area contributed by atoms with Crippen molar-refractivity contribution in [3.8, 4) is 0 Å². The lowest BCUT2D eigenvalue weighted by atomic mass is 9.70. The molecule has 0 heterocycles. The maximum Gasteiger partial charge on any atom is 0.0727 e. The van der Waals surface area contributed by atoms with Crippen LogP contribution in [-0.2, 0) is 4.74 Å². The van der Waals surface area contributed by atoms with E-state index >= 15 is 0 Å². The molecule has 2 N–H and O–H groups in total. The molecule has 0 aromatic heterocycles. The summed E-state index contributed by atoms with van der Waals surface area (Å²) in [5.74, 6) is 0.865. The van der Waals surface area contributed by atoms with Crippen molar-refractivity contribution >= 4 is 17.2 Å². The summed E-state index contributed by atoms with van der Waals surface area (Å²) < 4.78 is 6.17. The number of fused-ring (bicyclic) bond motifs is 2. The fourth-order valence-electron chi connectivity index (χ4n) is 4.01. The lowest BCUT2D eigenvalue weighted by Crippen LogP contribution is -2.37. The minimum absolute atomic E-state index is 0.390. The van der Waals surface area contributed by atoms with Crippen LogP contribution in [-0.4, -0.2) is 17.7 Å². The van der Waals surface area contributed by atoms with Crippen molar-refractivity contribution in [3.05, 3.63) is 0 Å². The van der Waals surface area contributed by atoms with Crippen LogP contribution in [0.4, 0.5) is 0 Å². The summed E-state index contributed by atoms with van der Waals surface area (Å²) in [6, 6.07) is 0. The summed E-state index contributed by atoms with van der Waals surface area (Å²) in [4.78, 5) is 0.628. The van der Waals surface area contributed by atoms with Gasteiger partial charge in [-0.05, 0) is 55.3 Å². The second-order valence-electron chi connectivity index (χ2n) is 6.89. The highest BCUT2D eigenvalue weighted by molar-refractivity contribution is 7.80. The fraction of sp³-hybridized carbons (Fsp3) is 0.933. The Balaban J connectivity index is 1.77. The van der Waals surface area contributed by atoms with Gasteiger partial charge >= 0.3 is 0 Å². The normalized spacial score (nSPS) is 37.1. The molecular formula is C15H27NOS. The predicted octanol–water partition coefficient (Wildman–Crippen LogP) is 3.67. The zero-order valence-corrected chi connectivity index (χ0v) is 12.8. The molecule has 2 bridgehead atoms. The number of ether oxygens (including phenoxy) is 1. The largest absolute Gasteiger partial charge is 0.393 e. The molecule has 0 aromatic rings. The lowest BCUT2D eigenvalue weighted by molar-refractivity contribution is -0.0473. The Morgan fingerprint density at radius 3 is 2.56 bits per heavy atom. The van der Waals surface area contributed by atoms with Crippen LogP contribution >= 0.6 is 12.2 Å². The number of nitrogens with two attached hydrogens (primary N) is 1. The zero-order valence-electron chi connectivity index (χ0n) is 12.0. The zero-order chi connectivity index (χ0) is 13.4. The molecule has 3 unspecified atom stereocenters. The molecule has 0 aliphatic heterocycles. The van der Waals surface area contributed by atoms with Gasteiger partial charge in [0.1, 0.15) is 0 Å². The van der Waals surface area contributed by atoms with E-state index in [1.807, 2.05) is 0 Å². The molecule has 2 saturated carbocycles. The van der Waals surface area contributed by atoms with Gasteiger partial charge < -0.3 is 10.5 Å². The molecule has 3 heteroatoms. The summed E-state index contributed by atoms with van der Waals surface area (Å²) in [5, 5.41) is 0. The number of unbranched alkanes of at least 4 members (excludes halogenated alkanes) is 1. The Hall–Kier alpha value is -0.150. The highest BCUT2D eigenvalue weighted by Crippen LogP contribution is 2.66. The topological polar surface area (TPSA) is 35.2 Å². The Morgan fingerprint density at radius 2 is 2.06 bits per heavy atom. The lowest BCUT2D eigenvalue weighted by Gasteiger charge is -2.39. The number of thiocarbonyl (C=S) groups is 1. The molecule has 104 valence electrons. The van der Waals surface area contributed by atoms with Crippen LogP contribution in [0.1, 0.15) is 59.3 Å². The van der Waals surface area contributed by atoms with Gasteiger partial charge in [-0.2, -0.15) is 0 Å². The van der Waals surface area contributed by atoms with Crippen molar-refractivity contribution in [2.24, 2.45) is 22.5 Å². The molecule has 0 saturated heterocycles. The molecule has 2 rings (SSSR count). The van der Waals surface area contributed by atoms with Gasteiger partial charge in [-0.15, -0.1) is 0 Å². The van der Waals surface area contributed by atoms with E-state index in [4.69, 9.17) is 22.7 Å².